The Morgan fingerprint density at radius 2 is 1.73 bits per heavy atom. The lowest BCUT2D eigenvalue weighted by atomic mass is 9.45. The van der Waals surface area contributed by atoms with Gasteiger partial charge in [-0.1, -0.05) is 26.7 Å². The normalized spacial score (nSPS) is 43.8. The van der Waals surface area contributed by atoms with Crippen molar-refractivity contribution < 1.29 is 14.7 Å². The van der Waals surface area contributed by atoms with Crippen LogP contribution in [0.1, 0.15) is 104 Å². The van der Waals surface area contributed by atoms with Crippen molar-refractivity contribution in [3.63, 3.8) is 0 Å². The molecule has 170 valence electrons. The first-order valence-corrected chi connectivity index (χ1v) is 12.8. The Balaban J connectivity index is 1.35. The first-order valence-electron chi connectivity index (χ1n) is 12.8. The minimum atomic E-state index is -0.965. The predicted molar refractivity (Wildman–Crippen MR) is 119 cm³/mol. The van der Waals surface area contributed by atoms with Gasteiger partial charge in [-0.3, -0.25) is 9.59 Å². The van der Waals surface area contributed by atoms with Crippen molar-refractivity contribution >= 4 is 11.9 Å². The molecule has 30 heavy (non-hydrogen) atoms. The van der Waals surface area contributed by atoms with Crippen LogP contribution in [0.2, 0.25) is 0 Å². The largest absolute Gasteiger partial charge is 0.480 e. The fourth-order valence-electron chi connectivity index (χ4n) is 8.76. The summed E-state index contributed by atoms with van der Waals surface area (Å²) in [6.45, 7) is 6.76. The van der Waals surface area contributed by atoms with Gasteiger partial charge in [0.25, 0.3) is 0 Å². The van der Waals surface area contributed by atoms with Crippen LogP contribution in [-0.4, -0.2) is 23.0 Å². The van der Waals surface area contributed by atoms with E-state index in [0.29, 0.717) is 17.3 Å². The zero-order valence-corrected chi connectivity index (χ0v) is 19.4. The SMILES string of the molecule is CC(NC(=O)CCCC1CCC2C3CCC4CCCCC4(C)C3CCC12C)C(=O)O. The Labute approximate surface area is 183 Å². The van der Waals surface area contributed by atoms with Crippen molar-refractivity contribution in [3.8, 4) is 0 Å². The van der Waals surface area contributed by atoms with E-state index in [4.69, 9.17) is 5.11 Å². The third kappa shape index (κ3) is 3.81. The van der Waals surface area contributed by atoms with E-state index < -0.39 is 12.0 Å². The maximum absolute atomic E-state index is 12.1. The predicted octanol–water partition coefficient (Wildman–Crippen LogP) is 5.80. The molecule has 0 aromatic heterocycles. The summed E-state index contributed by atoms with van der Waals surface area (Å²) in [4.78, 5) is 23.0. The summed E-state index contributed by atoms with van der Waals surface area (Å²) in [5, 5.41) is 11.6. The Morgan fingerprint density at radius 3 is 2.50 bits per heavy atom. The Bertz CT molecular complexity index is 663. The number of fused-ring (bicyclic) bond motifs is 5. The number of carbonyl (C=O) groups excluding carboxylic acids is 1. The van der Waals surface area contributed by atoms with Crippen molar-refractivity contribution in [2.45, 2.75) is 110 Å². The van der Waals surface area contributed by atoms with Gasteiger partial charge in [-0.15, -0.1) is 0 Å². The highest BCUT2D eigenvalue weighted by atomic mass is 16.4. The first kappa shape index (κ1) is 22.1. The topological polar surface area (TPSA) is 66.4 Å². The third-order valence-corrected chi connectivity index (χ3v) is 10.5. The van der Waals surface area contributed by atoms with Gasteiger partial charge in [0.2, 0.25) is 5.91 Å². The molecule has 4 saturated carbocycles. The van der Waals surface area contributed by atoms with E-state index >= 15 is 0 Å². The van der Waals surface area contributed by atoms with Crippen LogP contribution >= 0.6 is 0 Å². The number of carboxylic acid groups (broad SMARTS) is 1. The van der Waals surface area contributed by atoms with Crippen LogP contribution in [-0.2, 0) is 9.59 Å². The number of aliphatic carboxylic acids is 1. The number of carboxylic acids is 1. The van der Waals surface area contributed by atoms with E-state index in [2.05, 4.69) is 19.2 Å². The molecule has 2 N–H and O–H groups in total. The lowest BCUT2D eigenvalue weighted by Gasteiger charge is -2.60. The number of hydrogen-bond donors (Lipinski definition) is 2. The minimum Gasteiger partial charge on any atom is -0.480 e. The third-order valence-electron chi connectivity index (χ3n) is 10.5. The van der Waals surface area contributed by atoms with Gasteiger partial charge in [-0.2, -0.15) is 0 Å². The van der Waals surface area contributed by atoms with E-state index in [-0.39, 0.29) is 5.91 Å². The van der Waals surface area contributed by atoms with Gasteiger partial charge in [0.1, 0.15) is 6.04 Å². The van der Waals surface area contributed by atoms with Crippen LogP contribution in [0.25, 0.3) is 0 Å². The van der Waals surface area contributed by atoms with E-state index in [9.17, 15) is 9.59 Å². The number of nitrogens with one attached hydrogen (secondary N) is 1. The quantitative estimate of drug-likeness (QED) is 0.574. The Morgan fingerprint density at radius 1 is 0.967 bits per heavy atom. The summed E-state index contributed by atoms with van der Waals surface area (Å²) in [5.74, 6) is 3.43. The molecule has 0 heterocycles. The van der Waals surface area contributed by atoms with E-state index in [1.165, 1.54) is 71.1 Å². The van der Waals surface area contributed by atoms with Crippen LogP contribution in [0.15, 0.2) is 0 Å². The monoisotopic (exact) mass is 417 g/mol. The van der Waals surface area contributed by atoms with Crippen molar-refractivity contribution in [1.82, 2.24) is 5.32 Å². The standard InChI is InChI=1S/C26H43NO3/c1-17(24(29)30)27-23(28)9-6-8-19-11-13-21-20-12-10-18-7-4-5-15-25(18,2)22(20)14-16-26(19,21)3/h17-22H,4-16H2,1-3H3,(H,27,28)(H,29,30). The maximum atomic E-state index is 12.1. The molecule has 4 aliphatic rings. The molecule has 4 nitrogen and oxygen atoms in total. The zero-order valence-electron chi connectivity index (χ0n) is 19.4. The molecule has 8 atom stereocenters. The second kappa shape index (κ2) is 8.47. The molecule has 4 aliphatic carbocycles. The Hall–Kier alpha value is -1.06. The van der Waals surface area contributed by atoms with E-state index in [1.807, 2.05) is 0 Å². The second-order valence-electron chi connectivity index (χ2n) is 11.7. The number of hydrogen-bond acceptors (Lipinski definition) is 2. The van der Waals surface area contributed by atoms with Gasteiger partial charge < -0.3 is 10.4 Å². The highest BCUT2D eigenvalue weighted by Gasteiger charge is 2.59. The molecule has 0 radical (unpaired) electrons. The van der Waals surface area contributed by atoms with Gasteiger partial charge in [0.15, 0.2) is 0 Å². The minimum absolute atomic E-state index is 0.114. The molecule has 0 bridgehead atoms. The summed E-state index contributed by atoms with van der Waals surface area (Å²) in [6, 6.07) is -0.794. The molecule has 4 rings (SSSR count). The van der Waals surface area contributed by atoms with Gasteiger partial charge in [-0.05, 0) is 112 Å². The average Bonchev–Trinajstić information content (AvgIpc) is 3.04. The molecule has 0 aliphatic heterocycles. The zero-order chi connectivity index (χ0) is 21.5. The number of carbonyl (C=O) groups is 2. The van der Waals surface area contributed by atoms with Crippen molar-refractivity contribution in [2.24, 2.45) is 40.4 Å². The lowest BCUT2D eigenvalue weighted by Crippen LogP contribution is -2.52. The van der Waals surface area contributed by atoms with E-state index in [0.717, 1.165) is 42.4 Å². The molecule has 0 aromatic carbocycles. The molecule has 0 aromatic rings. The van der Waals surface area contributed by atoms with Crippen LogP contribution in [0.3, 0.4) is 0 Å². The molecule has 0 saturated heterocycles. The summed E-state index contributed by atoms with van der Waals surface area (Å²) in [6.07, 6.45) is 16.8. The molecule has 1 amide bonds. The van der Waals surface area contributed by atoms with Crippen molar-refractivity contribution in [1.29, 1.82) is 0 Å². The summed E-state index contributed by atoms with van der Waals surface area (Å²) >= 11 is 0. The number of amides is 1. The van der Waals surface area contributed by atoms with Crippen molar-refractivity contribution in [2.75, 3.05) is 0 Å². The van der Waals surface area contributed by atoms with Crippen LogP contribution < -0.4 is 5.32 Å². The average molecular weight is 418 g/mol. The fraction of sp³-hybridized carbons (Fsp3) is 0.923. The summed E-state index contributed by atoms with van der Waals surface area (Å²) in [7, 11) is 0. The van der Waals surface area contributed by atoms with Gasteiger partial charge in [0.05, 0.1) is 0 Å². The van der Waals surface area contributed by atoms with Crippen LogP contribution in [0, 0.1) is 40.4 Å². The summed E-state index contributed by atoms with van der Waals surface area (Å²) in [5.41, 5.74) is 1.07. The second-order valence-corrected chi connectivity index (χ2v) is 11.7. The van der Waals surface area contributed by atoms with Crippen molar-refractivity contribution in [3.05, 3.63) is 0 Å². The van der Waals surface area contributed by atoms with Gasteiger partial charge in [0, 0.05) is 6.42 Å². The molecule has 8 unspecified atom stereocenters. The molecular weight excluding hydrogens is 374 g/mol. The number of rotatable bonds is 6. The molecule has 4 fully saturated rings. The first-order chi connectivity index (χ1) is 14.3. The molecular formula is C26H43NO3. The Kier molecular flexibility index (Phi) is 6.25. The highest BCUT2D eigenvalue weighted by Crippen LogP contribution is 2.67. The van der Waals surface area contributed by atoms with Crippen LogP contribution in [0.4, 0.5) is 0 Å². The van der Waals surface area contributed by atoms with Crippen LogP contribution in [0.5, 0.6) is 0 Å². The maximum Gasteiger partial charge on any atom is 0.325 e. The van der Waals surface area contributed by atoms with Gasteiger partial charge in [-0.25, -0.2) is 0 Å². The van der Waals surface area contributed by atoms with E-state index in [1.54, 1.807) is 0 Å². The smallest absolute Gasteiger partial charge is 0.325 e. The lowest BCUT2D eigenvalue weighted by molar-refractivity contribution is -0.141. The molecule has 0 spiro atoms. The fourth-order valence-corrected chi connectivity index (χ4v) is 8.76. The highest BCUT2D eigenvalue weighted by molar-refractivity contribution is 5.83. The van der Waals surface area contributed by atoms with Gasteiger partial charge >= 0.3 is 5.97 Å². The summed E-state index contributed by atoms with van der Waals surface area (Å²) < 4.78 is 0. The molecule has 4 heteroatoms.